The number of amides is 1. The molecule has 1 atom stereocenters. The van der Waals surface area contributed by atoms with E-state index in [1.54, 1.807) is 20.3 Å². The number of rotatable bonds is 8. The van der Waals surface area contributed by atoms with Crippen LogP contribution in [0.4, 0.5) is 5.13 Å². The van der Waals surface area contributed by atoms with E-state index in [0.717, 1.165) is 10.5 Å². The Morgan fingerprint density at radius 3 is 2.61 bits per heavy atom. The normalized spacial score (nSPS) is 11.7. The lowest BCUT2D eigenvalue weighted by molar-refractivity contribution is -0.115. The number of carbonyl (C=O) groups is 1. The molecule has 3 aromatic rings. The number of benzene rings is 2. The Hall–Kier alpha value is -2.58. The summed E-state index contributed by atoms with van der Waals surface area (Å²) in [6, 6.07) is 15.4. The summed E-state index contributed by atoms with van der Waals surface area (Å²) in [4.78, 5) is 13.7. The molecule has 0 aliphatic rings. The standard InChI is InChI=1S/C20H21N3O3S2/c1-4-17(27-14-8-6-5-7-9-14)18(24)21-20-23-22-19(28-20)15-11-10-13(25-2)12-16(15)26-3/h5-12,17H,4H2,1-3H3,(H,21,23,24)/t17-/m1/s1. The van der Waals surface area contributed by atoms with Crippen LogP contribution >= 0.6 is 23.1 Å². The lowest BCUT2D eigenvalue weighted by Crippen LogP contribution is -2.24. The van der Waals surface area contributed by atoms with Crippen molar-refractivity contribution in [1.82, 2.24) is 10.2 Å². The lowest BCUT2D eigenvalue weighted by Gasteiger charge is -2.13. The fraction of sp³-hybridized carbons (Fsp3) is 0.250. The van der Waals surface area contributed by atoms with Crippen LogP contribution in [-0.4, -0.2) is 35.6 Å². The highest BCUT2D eigenvalue weighted by molar-refractivity contribution is 8.00. The summed E-state index contributed by atoms with van der Waals surface area (Å²) in [6.07, 6.45) is 0.712. The molecule has 0 spiro atoms. The van der Waals surface area contributed by atoms with Crippen molar-refractivity contribution < 1.29 is 14.3 Å². The van der Waals surface area contributed by atoms with Crippen molar-refractivity contribution in [1.29, 1.82) is 0 Å². The van der Waals surface area contributed by atoms with E-state index in [9.17, 15) is 4.79 Å². The molecule has 2 aromatic carbocycles. The van der Waals surface area contributed by atoms with Gasteiger partial charge in [-0.3, -0.25) is 10.1 Å². The molecular formula is C20H21N3O3S2. The fourth-order valence-corrected chi connectivity index (χ4v) is 4.28. The lowest BCUT2D eigenvalue weighted by atomic mass is 10.2. The van der Waals surface area contributed by atoms with Crippen molar-refractivity contribution in [3.63, 3.8) is 0 Å². The Balaban J connectivity index is 1.72. The second kappa shape index (κ2) is 9.57. The van der Waals surface area contributed by atoms with Crippen molar-refractivity contribution in [3.05, 3.63) is 48.5 Å². The summed E-state index contributed by atoms with van der Waals surface area (Å²) in [7, 11) is 3.19. The first-order valence-electron chi connectivity index (χ1n) is 8.73. The summed E-state index contributed by atoms with van der Waals surface area (Å²) in [5.41, 5.74) is 0.798. The zero-order chi connectivity index (χ0) is 19.9. The molecule has 1 amide bonds. The van der Waals surface area contributed by atoms with Crippen LogP contribution in [0.3, 0.4) is 0 Å². The minimum absolute atomic E-state index is 0.0826. The molecular weight excluding hydrogens is 394 g/mol. The number of thioether (sulfide) groups is 1. The predicted molar refractivity (Wildman–Crippen MR) is 113 cm³/mol. The highest BCUT2D eigenvalue weighted by Crippen LogP contribution is 2.36. The number of methoxy groups -OCH3 is 2. The van der Waals surface area contributed by atoms with Crippen LogP contribution in [0.15, 0.2) is 53.4 Å². The molecule has 1 aromatic heterocycles. The zero-order valence-corrected chi connectivity index (χ0v) is 17.5. The number of carbonyl (C=O) groups excluding carboxylic acids is 1. The number of hydrogen-bond acceptors (Lipinski definition) is 7. The topological polar surface area (TPSA) is 73.3 Å². The first kappa shape index (κ1) is 20.2. The number of nitrogens with zero attached hydrogens (tertiary/aromatic N) is 2. The van der Waals surface area contributed by atoms with Crippen LogP contribution in [0.25, 0.3) is 10.6 Å². The summed E-state index contributed by atoms with van der Waals surface area (Å²) in [5, 5.41) is 12.1. The van der Waals surface area contributed by atoms with Crippen molar-refractivity contribution in [2.75, 3.05) is 19.5 Å². The van der Waals surface area contributed by atoms with E-state index in [2.05, 4.69) is 15.5 Å². The molecule has 3 rings (SSSR count). The molecule has 0 aliphatic carbocycles. The first-order valence-corrected chi connectivity index (χ1v) is 10.4. The molecule has 6 nitrogen and oxygen atoms in total. The van der Waals surface area contributed by atoms with Gasteiger partial charge < -0.3 is 9.47 Å². The van der Waals surface area contributed by atoms with Gasteiger partial charge in [-0.1, -0.05) is 36.5 Å². The zero-order valence-electron chi connectivity index (χ0n) is 15.8. The second-order valence-electron chi connectivity index (χ2n) is 5.80. The van der Waals surface area contributed by atoms with E-state index in [-0.39, 0.29) is 11.2 Å². The van der Waals surface area contributed by atoms with Gasteiger partial charge in [-0.15, -0.1) is 22.0 Å². The summed E-state index contributed by atoms with van der Waals surface area (Å²) < 4.78 is 10.6. The maximum Gasteiger partial charge on any atom is 0.239 e. The number of aromatic nitrogens is 2. The Bertz CT molecular complexity index is 931. The van der Waals surface area contributed by atoms with Crippen LogP contribution < -0.4 is 14.8 Å². The quantitative estimate of drug-likeness (QED) is 0.536. The summed E-state index contributed by atoms with van der Waals surface area (Å²) in [6.45, 7) is 1.99. The van der Waals surface area contributed by atoms with Gasteiger partial charge in [0.2, 0.25) is 11.0 Å². The number of nitrogens with one attached hydrogen (secondary N) is 1. The van der Waals surface area contributed by atoms with E-state index in [1.807, 2.05) is 49.4 Å². The minimum Gasteiger partial charge on any atom is -0.497 e. The predicted octanol–water partition coefficient (Wildman–Crippen LogP) is 4.73. The van der Waals surface area contributed by atoms with E-state index >= 15 is 0 Å². The Morgan fingerprint density at radius 1 is 1.14 bits per heavy atom. The Morgan fingerprint density at radius 2 is 1.93 bits per heavy atom. The van der Waals surface area contributed by atoms with Crippen molar-refractivity contribution in [2.24, 2.45) is 0 Å². The van der Waals surface area contributed by atoms with Crippen LogP contribution in [-0.2, 0) is 4.79 Å². The van der Waals surface area contributed by atoms with Gasteiger partial charge in [-0.25, -0.2) is 0 Å². The minimum atomic E-state index is -0.203. The third kappa shape index (κ3) is 4.82. The maximum absolute atomic E-state index is 12.7. The number of hydrogen-bond donors (Lipinski definition) is 1. The van der Waals surface area contributed by atoms with Crippen LogP contribution in [0.2, 0.25) is 0 Å². The van der Waals surface area contributed by atoms with Gasteiger partial charge in [0, 0.05) is 11.0 Å². The highest BCUT2D eigenvalue weighted by Gasteiger charge is 2.20. The van der Waals surface area contributed by atoms with Crippen molar-refractivity contribution in [2.45, 2.75) is 23.5 Å². The van der Waals surface area contributed by atoms with Crippen LogP contribution in [0, 0.1) is 0 Å². The van der Waals surface area contributed by atoms with E-state index in [4.69, 9.17) is 9.47 Å². The number of ether oxygens (including phenoxy) is 2. The van der Waals surface area contributed by atoms with E-state index < -0.39 is 0 Å². The van der Waals surface area contributed by atoms with Crippen molar-refractivity contribution in [3.8, 4) is 22.1 Å². The third-order valence-corrected chi connectivity index (χ3v) is 6.23. The van der Waals surface area contributed by atoms with Crippen LogP contribution in [0.1, 0.15) is 13.3 Å². The molecule has 0 saturated heterocycles. The molecule has 0 unspecified atom stereocenters. The van der Waals surface area contributed by atoms with Crippen molar-refractivity contribution >= 4 is 34.1 Å². The third-order valence-electron chi connectivity index (χ3n) is 3.98. The SMILES string of the molecule is CC[C@@H](Sc1ccccc1)C(=O)Nc1nnc(-c2ccc(OC)cc2OC)s1. The average molecular weight is 416 g/mol. The first-order chi connectivity index (χ1) is 13.6. The smallest absolute Gasteiger partial charge is 0.239 e. The fourth-order valence-electron chi connectivity index (χ4n) is 2.53. The van der Waals surface area contributed by atoms with Gasteiger partial charge in [-0.2, -0.15) is 0 Å². The molecule has 0 aliphatic heterocycles. The van der Waals surface area contributed by atoms with Gasteiger partial charge in [0.05, 0.1) is 25.0 Å². The number of anilines is 1. The molecule has 146 valence electrons. The monoisotopic (exact) mass is 415 g/mol. The largest absolute Gasteiger partial charge is 0.497 e. The van der Waals surface area contributed by atoms with Crippen LogP contribution in [0.5, 0.6) is 11.5 Å². The summed E-state index contributed by atoms with van der Waals surface area (Å²) >= 11 is 2.85. The molecule has 0 radical (unpaired) electrons. The highest BCUT2D eigenvalue weighted by atomic mass is 32.2. The molecule has 1 heterocycles. The average Bonchev–Trinajstić information content (AvgIpc) is 3.20. The second-order valence-corrected chi connectivity index (χ2v) is 8.05. The van der Waals surface area contributed by atoms with Gasteiger partial charge >= 0.3 is 0 Å². The van der Waals surface area contributed by atoms with Gasteiger partial charge in [0.15, 0.2) is 5.01 Å². The molecule has 1 N–H and O–H groups in total. The molecule has 0 saturated carbocycles. The van der Waals surface area contributed by atoms with Gasteiger partial charge in [0.25, 0.3) is 0 Å². The Kier molecular flexibility index (Phi) is 6.89. The maximum atomic E-state index is 12.7. The molecule has 0 fully saturated rings. The van der Waals surface area contributed by atoms with Gasteiger partial charge in [0.1, 0.15) is 11.5 Å². The van der Waals surface area contributed by atoms with E-state index in [0.29, 0.717) is 28.1 Å². The molecule has 28 heavy (non-hydrogen) atoms. The Labute approximate surface area is 172 Å². The molecule has 0 bridgehead atoms. The van der Waals surface area contributed by atoms with Gasteiger partial charge in [-0.05, 0) is 30.7 Å². The molecule has 8 heteroatoms. The van der Waals surface area contributed by atoms with E-state index in [1.165, 1.54) is 23.1 Å². The summed E-state index contributed by atoms with van der Waals surface area (Å²) in [5.74, 6) is 1.25.